The molecule has 1 saturated heterocycles. The second kappa shape index (κ2) is 3.33. The SMILES string of the molecule is CC1CC(=O)N2CCCNC2=C1C#N. The van der Waals surface area contributed by atoms with Gasteiger partial charge in [0.2, 0.25) is 5.91 Å². The molecule has 2 heterocycles. The van der Waals surface area contributed by atoms with Crippen LogP contribution in [0.15, 0.2) is 11.4 Å². The van der Waals surface area contributed by atoms with E-state index in [2.05, 4.69) is 11.4 Å². The number of hydrogen-bond donors (Lipinski definition) is 1. The summed E-state index contributed by atoms with van der Waals surface area (Å²) in [5.74, 6) is 0.950. The van der Waals surface area contributed by atoms with Gasteiger partial charge in [0.1, 0.15) is 5.82 Å². The smallest absolute Gasteiger partial charge is 0.228 e. The molecule has 0 bridgehead atoms. The molecule has 0 aromatic rings. The second-order valence-electron chi connectivity index (χ2n) is 3.80. The molecule has 1 amide bonds. The predicted molar refractivity (Wildman–Crippen MR) is 50.8 cm³/mol. The van der Waals surface area contributed by atoms with Gasteiger partial charge in [0.05, 0.1) is 11.6 Å². The molecule has 0 saturated carbocycles. The summed E-state index contributed by atoms with van der Waals surface area (Å²) < 4.78 is 0. The van der Waals surface area contributed by atoms with Crippen LogP contribution in [0, 0.1) is 17.2 Å². The van der Waals surface area contributed by atoms with Crippen molar-refractivity contribution in [1.82, 2.24) is 10.2 Å². The summed E-state index contributed by atoms with van der Waals surface area (Å²) in [5.41, 5.74) is 0.726. The maximum Gasteiger partial charge on any atom is 0.228 e. The number of nitrogens with one attached hydrogen (secondary N) is 1. The number of rotatable bonds is 0. The van der Waals surface area contributed by atoms with Gasteiger partial charge in [-0.05, 0) is 6.42 Å². The maximum absolute atomic E-state index is 11.6. The predicted octanol–water partition coefficient (Wildman–Crippen LogP) is 0.583. The summed E-state index contributed by atoms with van der Waals surface area (Å²) in [7, 11) is 0. The van der Waals surface area contributed by atoms with Crippen LogP contribution < -0.4 is 5.32 Å². The molecule has 4 nitrogen and oxygen atoms in total. The molecule has 2 rings (SSSR count). The van der Waals surface area contributed by atoms with Crippen molar-refractivity contribution in [3.05, 3.63) is 11.4 Å². The van der Waals surface area contributed by atoms with Crippen molar-refractivity contribution in [3.63, 3.8) is 0 Å². The number of amides is 1. The Balaban J connectivity index is 2.41. The van der Waals surface area contributed by atoms with E-state index >= 15 is 0 Å². The average Bonchev–Trinajstić information content (AvgIpc) is 2.18. The van der Waals surface area contributed by atoms with Crippen LogP contribution in [0.25, 0.3) is 0 Å². The number of nitrogens with zero attached hydrogens (tertiary/aromatic N) is 2. The molecular formula is C10H13N3O. The largest absolute Gasteiger partial charge is 0.370 e. The topological polar surface area (TPSA) is 56.1 Å². The first-order valence-electron chi connectivity index (χ1n) is 4.92. The molecule has 0 aromatic heterocycles. The molecule has 14 heavy (non-hydrogen) atoms. The molecule has 1 fully saturated rings. The third-order valence-electron chi connectivity index (χ3n) is 2.77. The van der Waals surface area contributed by atoms with Gasteiger partial charge in [0.25, 0.3) is 0 Å². The number of allylic oxidation sites excluding steroid dienone is 1. The number of carbonyl (C=O) groups excluding carboxylic acids is 1. The molecule has 1 atom stereocenters. The van der Waals surface area contributed by atoms with Gasteiger partial charge in [-0.25, -0.2) is 0 Å². The molecule has 1 N–H and O–H groups in total. The number of carbonyl (C=O) groups is 1. The van der Waals surface area contributed by atoms with Gasteiger partial charge in [-0.1, -0.05) is 6.92 Å². The Labute approximate surface area is 83.2 Å². The Kier molecular flexibility index (Phi) is 2.16. The van der Waals surface area contributed by atoms with Gasteiger partial charge in [-0.2, -0.15) is 5.26 Å². The second-order valence-corrected chi connectivity index (χ2v) is 3.80. The molecule has 1 unspecified atom stereocenters. The van der Waals surface area contributed by atoms with Gasteiger partial charge in [0.15, 0.2) is 0 Å². The molecule has 74 valence electrons. The minimum Gasteiger partial charge on any atom is -0.370 e. The zero-order valence-electron chi connectivity index (χ0n) is 8.21. The highest BCUT2D eigenvalue weighted by atomic mass is 16.2. The zero-order chi connectivity index (χ0) is 10.1. The maximum atomic E-state index is 11.6. The Hall–Kier alpha value is -1.50. The lowest BCUT2D eigenvalue weighted by atomic mass is 9.93. The minimum absolute atomic E-state index is 0.0596. The fourth-order valence-electron chi connectivity index (χ4n) is 2.01. The van der Waals surface area contributed by atoms with E-state index in [0.29, 0.717) is 6.42 Å². The van der Waals surface area contributed by atoms with E-state index in [0.717, 1.165) is 30.9 Å². The summed E-state index contributed by atoms with van der Waals surface area (Å²) >= 11 is 0. The number of fused-ring (bicyclic) bond motifs is 1. The molecule has 0 aliphatic carbocycles. The van der Waals surface area contributed by atoms with Crippen molar-refractivity contribution in [1.29, 1.82) is 5.26 Å². The summed E-state index contributed by atoms with van der Waals surface area (Å²) in [6.07, 6.45) is 1.43. The lowest BCUT2D eigenvalue weighted by molar-refractivity contribution is -0.131. The highest BCUT2D eigenvalue weighted by Crippen LogP contribution is 2.27. The van der Waals surface area contributed by atoms with E-state index in [-0.39, 0.29) is 11.8 Å². The van der Waals surface area contributed by atoms with Gasteiger partial charge in [-0.3, -0.25) is 9.69 Å². The van der Waals surface area contributed by atoms with Crippen molar-refractivity contribution in [2.45, 2.75) is 19.8 Å². The van der Waals surface area contributed by atoms with Crippen LogP contribution in [0.2, 0.25) is 0 Å². The van der Waals surface area contributed by atoms with E-state index in [1.54, 1.807) is 4.90 Å². The Morgan fingerprint density at radius 1 is 1.64 bits per heavy atom. The first-order valence-corrected chi connectivity index (χ1v) is 4.92. The molecule has 0 spiro atoms. The Morgan fingerprint density at radius 2 is 2.43 bits per heavy atom. The molecule has 4 heteroatoms. The first-order chi connectivity index (χ1) is 6.74. The monoisotopic (exact) mass is 191 g/mol. The van der Waals surface area contributed by atoms with E-state index in [1.165, 1.54) is 0 Å². The van der Waals surface area contributed by atoms with Crippen LogP contribution in [0.4, 0.5) is 0 Å². The van der Waals surface area contributed by atoms with Crippen molar-refractivity contribution < 1.29 is 4.79 Å². The Morgan fingerprint density at radius 3 is 3.14 bits per heavy atom. The fraction of sp³-hybridized carbons (Fsp3) is 0.600. The normalized spacial score (nSPS) is 26.7. The average molecular weight is 191 g/mol. The third kappa shape index (κ3) is 1.25. The zero-order valence-corrected chi connectivity index (χ0v) is 8.21. The van der Waals surface area contributed by atoms with Crippen LogP contribution >= 0.6 is 0 Å². The lowest BCUT2D eigenvalue weighted by Gasteiger charge is -2.36. The van der Waals surface area contributed by atoms with Crippen LogP contribution in [0.3, 0.4) is 0 Å². The highest BCUT2D eigenvalue weighted by Gasteiger charge is 2.32. The lowest BCUT2D eigenvalue weighted by Crippen LogP contribution is -2.47. The standard InChI is InChI=1S/C10H13N3O/c1-7-5-9(14)13-4-2-3-12-10(13)8(7)6-11/h7,12H,2-5H2,1H3. The van der Waals surface area contributed by atoms with Crippen LogP contribution in [-0.4, -0.2) is 23.9 Å². The van der Waals surface area contributed by atoms with Gasteiger partial charge >= 0.3 is 0 Å². The number of nitriles is 1. The summed E-state index contributed by atoms with van der Waals surface area (Å²) in [6, 6.07) is 2.20. The van der Waals surface area contributed by atoms with Gasteiger partial charge < -0.3 is 5.32 Å². The van der Waals surface area contributed by atoms with Crippen LogP contribution in [0.1, 0.15) is 19.8 Å². The van der Waals surface area contributed by atoms with Crippen molar-refractivity contribution in [2.24, 2.45) is 5.92 Å². The van der Waals surface area contributed by atoms with Crippen molar-refractivity contribution in [3.8, 4) is 6.07 Å². The number of hydrogen-bond acceptors (Lipinski definition) is 3. The highest BCUT2D eigenvalue weighted by molar-refractivity contribution is 5.81. The fourth-order valence-corrected chi connectivity index (χ4v) is 2.01. The van der Waals surface area contributed by atoms with Crippen molar-refractivity contribution in [2.75, 3.05) is 13.1 Å². The Bertz CT molecular complexity index is 340. The quantitative estimate of drug-likeness (QED) is 0.609. The third-order valence-corrected chi connectivity index (χ3v) is 2.77. The summed E-state index contributed by atoms with van der Waals surface area (Å²) in [6.45, 7) is 3.53. The van der Waals surface area contributed by atoms with E-state index in [9.17, 15) is 4.79 Å². The summed E-state index contributed by atoms with van der Waals surface area (Å²) in [5, 5.41) is 12.1. The molecule has 2 aliphatic rings. The molecule has 0 radical (unpaired) electrons. The van der Waals surface area contributed by atoms with E-state index < -0.39 is 0 Å². The molecule has 0 aromatic carbocycles. The van der Waals surface area contributed by atoms with Crippen LogP contribution in [-0.2, 0) is 4.79 Å². The minimum atomic E-state index is 0.0596. The van der Waals surface area contributed by atoms with E-state index in [1.807, 2.05) is 6.92 Å². The van der Waals surface area contributed by atoms with E-state index in [4.69, 9.17) is 5.26 Å². The summed E-state index contributed by atoms with van der Waals surface area (Å²) in [4.78, 5) is 13.4. The van der Waals surface area contributed by atoms with Gasteiger partial charge in [-0.15, -0.1) is 0 Å². The molecular weight excluding hydrogens is 178 g/mol. The molecule has 2 aliphatic heterocycles. The van der Waals surface area contributed by atoms with Crippen LogP contribution in [0.5, 0.6) is 0 Å². The van der Waals surface area contributed by atoms with Crippen molar-refractivity contribution >= 4 is 5.91 Å². The van der Waals surface area contributed by atoms with Gasteiger partial charge in [0, 0.05) is 25.4 Å². The first kappa shape index (κ1) is 9.07.